The Labute approximate surface area is 143 Å². The lowest BCUT2D eigenvalue weighted by Gasteiger charge is -2.29. The first-order valence-corrected chi connectivity index (χ1v) is 8.44. The Hall–Kier alpha value is -2.55. The molecular formula is C21H23NO2. The van der Waals surface area contributed by atoms with E-state index >= 15 is 0 Å². The Morgan fingerprint density at radius 2 is 1.88 bits per heavy atom. The summed E-state index contributed by atoms with van der Waals surface area (Å²) in [6.07, 6.45) is 8.20. The van der Waals surface area contributed by atoms with Crippen LogP contribution in [0.3, 0.4) is 0 Å². The van der Waals surface area contributed by atoms with Gasteiger partial charge in [-0.1, -0.05) is 42.5 Å². The maximum absolute atomic E-state index is 11.6. The zero-order chi connectivity index (χ0) is 16.8. The Balaban J connectivity index is 1.82. The number of rotatable bonds is 5. The SMILES string of the molecule is COC(=O)c1ccc(N[C@H](c2ccccc2)C2C=CCCC2)cc1. The second kappa shape index (κ2) is 7.82. The number of hydrogen-bond acceptors (Lipinski definition) is 3. The molecule has 1 aliphatic carbocycles. The minimum absolute atomic E-state index is 0.228. The van der Waals surface area contributed by atoms with Gasteiger partial charge in [-0.3, -0.25) is 0 Å². The first-order chi connectivity index (χ1) is 11.8. The highest BCUT2D eigenvalue weighted by Gasteiger charge is 2.22. The van der Waals surface area contributed by atoms with Gasteiger partial charge >= 0.3 is 5.97 Å². The second-order valence-corrected chi connectivity index (χ2v) is 6.12. The lowest BCUT2D eigenvalue weighted by atomic mass is 9.85. The van der Waals surface area contributed by atoms with Gasteiger partial charge in [0.15, 0.2) is 0 Å². The number of ether oxygens (including phenoxy) is 1. The summed E-state index contributed by atoms with van der Waals surface area (Å²) >= 11 is 0. The van der Waals surface area contributed by atoms with Crippen molar-refractivity contribution in [2.75, 3.05) is 12.4 Å². The van der Waals surface area contributed by atoms with Crippen molar-refractivity contribution in [3.8, 4) is 0 Å². The molecule has 0 heterocycles. The van der Waals surface area contributed by atoms with Crippen molar-refractivity contribution >= 4 is 11.7 Å². The van der Waals surface area contributed by atoms with Crippen LogP contribution in [-0.2, 0) is 4.74 Å². The largest absolute Gasteiger partial charge is 0.465 e. The van der Waals surface area contributed by atoms with E-state index in [4.69, 9.17) is 4.74 Å². The summed E-state index contributed by atoms with van der Waals surface area (Å²) < 4.78 is 4.75. The van der Waals surface area contributed by atoms with E-state index in [1.54, 1.807) is 12.1 Å². The molecule has 1 N–H and O–H groups in total. The molecule has 2 atom stereocenters. The Morgan fingerprint density at radius 1 is 1.12 bits per heavy atom. The average Bonchev–Trinajstić information content (AvgIpc) is 2.67. The second-order valence-electron chi connectivity index (χ2n) is 6.12. The van der Waals surface area contributed by atoms with Gasteiger partial charge in [0.1, 0.15) is 0 Å². The van der Waals surface area contributed by atoms with Gasteiger partial charge < -0.3 is 10.1 Å². The fraction of sp³-hybridized carbons (Fsp3) is 0.286. The molecule has 0 saturated heterocycles. The van der Waals surface area contributed by atoms with Crippen LogP contribution in [0.4, 0.5) is 5.69 Å². The first kappa shape index (κ1) is 16.3. The molecule has 3 heteroatoms. The molecule has 0 radical (unpaired) electrons. The Bertz CT molecular complexity index is 692. The average molecular weight is 321 g/mol. The molecule has 0 fully saturated rings. The molecule has 2 aromatic carbocycles. The number of anilines is 1. The molecule has 0 aliphatic heterocycles. The van der Waals surface area contributed by atoms with Gasteiger partial charge in [0.05, 0.1) is 18.7 Å². The zero-order valence-electron chi connectivity index (χ0n) is 13.9. The van der Waals surface area contributed by atoms with Crippen LogP contribution < -0.4 is 5.32 Å². The third-order valence-corrected chi connectivity index (χ3v) is 4.51. The molecule has 1 aliphatic rings. The number of nitrogens with one attached hydrogen (secondary N) is 1. The van der Waals surface area contributed by atoms with Gasteiger partial charge in [-0.25, -0.2) is 4.79 Å². The van der Waals surface area contributed by atoms with Crippen molar-refractivity contribution in [2.45, 2.75) is 25.3 Å². The van der Waals surface area contributed by atoms with E-state index in [-0.39, 0.29) is 12.0 Å². The third-order valence-electron chi connectivity index (χ3n) is 4.51. The maximum Gasteiger partial charge on any atom is 0.337 e. The van der Waals surface area contributed by atoms with Crippen LogP contribution in [0.5, 0.6) is 0 Å². The Kier molecular flexibility index (Phi) is 5.32. The minimum atomic E-state index is -0.309. The van der Waals surface area contributed by atoms with Gasteiger partial charge in [-0.2, -0.15) is 0 Å². The summed E-state index contributed by atoms with van der Waals surface area (Å²) in [6, 6.07) is 18.2. The van der Waals surface area contributed by atoms with Crippen molar-refractivity contribution in [1.82, 2.24) is 0 Å². The monoisotopic (exact) mass is 321 g/mol. The molecule has 24 heavy (non-hydrogen) atoms. The van der Waals surface area contributed by atoms with Crippen molar-refractivity contribution in [1.29, 1.82) is 0 Å². The predicted octanol–water partition coefficient (Wildman–Crippen LogP) is 4.98. The van der Waals surface area contributed by atoms with Crippen LogP contribution in [-0.4, -0.2) is 13.1 Å². The summed E-state index contributed by atoms with van der Waals surface area (Å²) in [4.78, 5) is 11.6. The standard InChI is InChI=1S/C21H23NO2/c1-24-21(23)18-12-14-19(15-13-18)22-20(16-8-4-2-5-9-16)17-10-6-3-7-11-17/h2,4-6,8-10,12-15,17,20,22H,3,7,11H2,1H3/t17?,20-/m1/s1. The minimum Gasteiger partial charge on any atom is -0.465 e. The smallest absolute Gasteiger partial charge is 0.337 e. The van der Waals surface area contributed by atoms with Gasteiger partial charge in [-0.05, 0) is 49.1 Å². The fourth-order valence-corrected chi connectivity index (χ4v) is 3.21. The zero-order valence-corrected chi connectivity index (χ0v) is 13.9. The highest BCUT2D eigenvalue weighted by atomic mass is 16.5. The molecule has 1 unspecified atom stereocenters. The quantitative estimate of drug-likeness (QED) is 0.623. The predicted molar refractivity (Wildman–Crippen MR) is 97.1 cm³/mol. The highest BCUT2D eigenvalue weighted by molar-refractivity contribution is 5.89. The summed E-state index contributed by atoms with van der Waals surface area (Å²) in [5.41, 5.74) is 2.86. The van der Waals surface area contributed by atoms with E-state index < -0.39 is 0 Å². The lowest BCUT2D eigenvalue weighted by molar-refractivity contribution is 0.0601. The number of allylic oxidation sites excluding steroid dienone is 1. The summed E-state index contributed by atoms with van der Waals surface area (Å²) in [7, 11) is 1.40. The topological polar surface area (TPSA) is 38.3 Å². The number of hydrogen-bond donors (Lipinski definition) is 1. The first-order valence-electron chi connectivity index (χ1n) is 8.44. The van der Waals surface area contributed by atoms with Crippen LogP contribution in [0.25, 0.3) is 0 Å². The molecule has 3 nitrogen and oxygen atoms in total. The van der Waals surface area contributed by atoms with Crippen LogP contribution in [0, 0.1) is 5.92 Å². The van der Waals surface area contributed by atoms with Crippen LogP contribution in [0.1, 0.15) is 41.2 Å². The highest BCUT2D eigenvalue weighted by Crippen LogP contribution is 2.33. The summed E-state index contributed by atoms with van der Waals surface area (Å²) in [6.45, 7) is 0. The van der Waals surface area contributed by atoms with Gasteiger partial charge in [-0.15, -0.1) is 0 Å². The molecule has 0 spiro atoms. The molecular weight excluding hydrogens is 298 g/mol. The van der Waals surface area contributed by atoms with Crippen LogP contribution in [0.15, 0.2) is 66.7 Å². The van der Waals surface area contributed by atoms with E-state index in [0.717, 1.165) is 5.69 Å². The van der Waals surface area contributed by atoms with Crippen molar-refractivity contribution in [3.63, 3.8) is 0 Å². The molecule has 0 aromatic heterocycles. The fourth-order valence-electron chi connectivity index (χ4n) is 3.21. The molecule has 0 amide bonds. The number of benzene rings is 2. The van der Waals surface area contributed by atoms with Crippen LogP contribution >= 0.6 is 0 Å². The van der Waals surface area contributed by atoms with E-state index in [0.29, 0.717) is 11.5 Å². The van der Waals surface area contributed by atoms with E-state index in [9.17, 15) is 4.79 Å². The number of carbonyl (C=O) groups is 1. The van der Waals surface area contributed by atoms with Crippen molar-refractivity contribution in [3.05, 3.63) is 77.9 Å². The molecule has 0 bridgehead atoms. The third kappa shape index (κ3) is 3.85. The van der Waals surface area contributed by atoms with E-state index in [2.05, 4.69) is 41.7 Å². The van der Waals surface area contributed by atoms with Crippen LogP contribution in [0.2, 0.25) is 0 Å². The Morgan fingerprint density at radius 3 is 2.50 bits per heavy atom. The molecule has 124 valence electrons. The van der Waals surface area contributed by atoms with Gasteiger partial charge in [0.2, 0.25) is 0 Å². The number of carbonyl (C=O) groups excluding carboxylic acids is 1. The summed E-state index contributed by atoms with van der Waals surface area (Å²) in [5.74, 6) is 0.165. The molecule has 3 rings (SSSR count). The van der Waals surface area contributed by atoms with E-state index in [1.165, 1.54) is 31.9 Å². The molecule has 2 aromatic rings. The number of esters is 1. The number of methoxy groups -OCH3 is 1. The van der Waals surface area contributed by atoms with Crippen molar-refractivity contribution in [2.24, 2.45) is 5.92 Å². The maximum atomic E-state index is 11.6. The normalized spacial score (nSPS) is 18.0. The van der Waals surface area contributed by atoms with Gasteiger partial charge in [0.25, 0.3) is 0 Å². The van der Waals surface area contributed by atoms with Gasteiger partial charge in [0, 0.05) is 11.6 Å². The van der Waals surface area contributed by atoms with Crippen molar-refractivity contribution < 1.29 is 9.53 Å². The molecule has 0 saturated carbocycles. The van der Waals surface area contributed by atoms with E-state index in [1.807, 2.05) is 18.2 Å². The summed E-state index contributed by atoms with van der Waals surface area (Å²) in [5, 5.41) is 3.65. The lowest BCUT2D eigenvalue weighted by Crippen LogP contribution is -2.21.